The van der Waals surface area contributed by atoms with Crippen LogP contribution in [0.4, 0.5) is 0 Å². The van der Waals surface area contributed by atoms with Gasteiger partial charge in [0.05, 0.1) is 4.91 Å². The summed E-state index contributed by atoms with van der Waals surface area (Å²) in [5.41, 5.74) is 0.990. The van der Waals surface area contributed by atoms with E-state index < -0.39 is 0 Å². The van der Waals surface area contributed by atoms with Crippen LogP contribution in [-0.4, -0.2) is 23.1 Å². The molecule has 0 aliphatic heterocycles. The Balaban J connectivity index is 1.77. The van der Waals surface area contributed by atoms with Crippen molar-refractivity contribution < 1.29 is 19.2 Å². The summed E-state index contributed by atoms with van der Waals surface area (Å²) in [6.07, 6.45) is 7.62. The number of hydrogen-bond donors (Lipinski definition) is 0. The molecular formula is C18H10O4S2. The number of allylic oxidation sites excluding steroid dienone is 8. The number of carbonyl (C=O) groups excluding carboxylic acids is 4. The molecule has 2 aliphatic rings. The number of benzene rings is 1. The van der Waals surface area contributed by atoms with Gasteiger partial charge in [0, 0.05) is 16.5 Å². The zero-order valence-corrected chi connectivity index (χ0v) is 13.9. The van der Waals surface area contributed by atoms with E-state index in [1.807, 2.05) is 6.07 Å². The van der Waals surface area contributed by atoms with E-state index in [9.17, 15) is 19.2 Å². The van der Waals surface area contributed by atoms with E-state index in [2.05, 4.69) is 0 Å². The van der Waals surface area contributed by atoms with Crippen LogP contribution in [0.5, 0.6) is 0 Å². The predicted molar refractivity (Wildman–Crippen MR) is 94.3 cm³/mol. The Bertz CT molecular complexity index is 888. The molecule has 0 saturated carbocycles. The fourth-order valence-corrected chi connectivity index (χ4v) is 4.17. The molecular weight excluding hydrogens is 344 g/mol. The Morgan fingerprint density at radius 1 is 0.708 bits per heavy atom. The van der Waals surface area contributed by atoms with Crippen LogP contribution in [0.1, 0.15) is 5.56 Å². The van der Waals surface area contributed by atoms with Crippen LogP contribution in [0.15, 0.2) is 70.5 Å². The molecule has 6 heteroatoms. The first-order valence-electron chi connectivity index (χ1n) is 6.94. The molecule has 0 N–H and O–H groups in total. The summed E-state index contributed by atoms with van der Waals surface area (Å²) in [6.45, 7) is 0. The second-order valence-corrected chi connectivity index (χ2v) is 7.21. The Kier molecular flexibility index (Phi) is 4.78. The highest BCUT2D eigenvalue weighted by Gasteiger charge is 2.17. The van der Waals surface area contributed by atoms with Gasteiger partial charge >= 0.3 is 0 Å². The molecule has 0 saturated heterocycles. The molecule has 0 atom stereocenters. The average Bonchev–Trinajstić information content (AvgIpc) is 2.58. The van der Waals surface area contributed by atoms with E-state index in [1.54, 1.807) is 18.2 Å². The van der Waals surface area contributed by atoms with Gasteiger partial charge in [-0.3, -0.25) is 19.2 Å². The van der Waals surface area contributed by atoms with Gasteiger partial charge in [-0.05, 0) is 58.9 Å². The van der Waals surface area contributed by atoms with Crippen LogP contribution in [0.2, 0.25) is 0 Å². The summed E-state index contributed by atoms with van der Waals surface area (Å²) in [6, 6.07) is 7.14. The first kappa shape index (κ1) is 16.4. The van der Waals surface area contributed by atoms with Gasteiger partial charge in [-0.2, -0.15) is 0 Å². The quantitative estimate of drug-likeness (QED) is 0.611. The molecule has 1 aromatic rings. The first-order chi connectivity index (χ1) is 11.5. The third kappa shape index (κ3) is 3.72. The van der Waals surface area contributed by atoms with E-state index >= 15 is 0 Å². The van der Waals surface area contributed by atoms with Crippen molar-refractivity contribution in [3.8, 4) is 0 Å². The van der Waals surface area contributed by atoms with Gasteiger partial charge in [-0.15, -0.1) is 0 Å². The summed E-state index contributed by atoms with van der Waals surface area (Å²) in [5.74, 6) is -0.857. The highest BCUT2D eigenvalue weighted by atomic mass is 33.1. The van der Waals surface area contributed by atoms with Gasteiger partial charge in [-0.1, -0.05) is 22.9 Å². The van der Waals surface area contributed by atoms with Gasteiger partial charge in [0.2, 0.25) is 0 Å². The maximum absolute atomic E-state index is 11.9. The Labute approximate surface area is 145 Å². The van der Waals surface area contributed by atoms with Crippen molar-refractivity contribution in [1.82, 2.24) is 0 Å². The van der Waals surface area contributed by atoms with Crippen LogP contribution in [-0.2, 0) is 19.2 Å². The molecule has 1 aromatic carbocycles. The predicted octanol–water partition coefficient (Wildman–Crippen LogP) is 3.11. The summed E-state index contributed by atoms with van der Waals surface area (Å²) in [5, 5.41) is 0. The molecule has 0 unspecified atom stereocenters. The van der Waals surface area contributed by atoms with E-state index in [0.29, 0.717) is 16.0 Å². The van der Waals surface area contributed by atoms with Gasteiger partial charge in [0.25, 0.3) is 0 Å². The Morgan fingerprint density at radius 2 is 1.42 bits per heavy atom. The van der Waals surface area contributed by atoms with Crippen molar-refractivity contribution in [2.24, 2.45) is 0 Å². The van der Waals surface area contributed by atoms with Crippen LogP contribution in [0.25, 0.3) is 5.57 Å². The van der Waals surface area contributed by atoms with E-state index in [1.165, 1.54) is 58.0 Å². The smallest absolute Gasteiger partial charge is 0.193 e. The van der Waals surface area contributed by atoms with Crippen LogP contribution in [0.3, 0.4) is 0 Å². The van der Waals surface area contributed by atoms with Crippen LogP contribution < -0.4 is 0 Å². The van der Waals surface area contributed by atoms with E-state index in [-0.39, 0.29) is 23.1 Å². The van der Waals surface area contributed by atoms with E-state index in [4.69, 9.17) is 0 Å². The lowest BCUT2D eigenvalue weighted by Crippen LogP contribution is -2.06. The SMILES string of the molecule is O=C1C=CC(=O)C(SSc2cccc(C3=CC(=O)C=CC3=O)c2)=C1. The fourth-order valence-electron chi connectivity index (χ4n) is 2.10. The summed E-state index contributed by atoms with van der Waals surface area (Å²) >= 11 is 0. The molecule has 0 bridgehead atoms. The normalized spacial score (nSPS) is 17.2. The molecule has 118 valence electrons. The lowest BCUT2D eigenvalue weighted by molar-refractivity contribution is -0.114. The molecule has 0 fully saturated rings. The van der Waals surface area contributed by atoms with Crippen molar-refractivity contribution in [2.45, 2.75) is 4.90 Å². The lowest BCUT2D eigenvalue weighted by Gasteiger charge is -2.09. The molecule has 4 nitrogen and oxygen atoms in total. The average molecular weight is 354 g/mol. The second-order valence-electron chi connectivity index (χ2n) is 4.96. The molecule has 0 aromatic heterocycles. The monoisotopic (exact) mass is 354 g/mol. The van der Waals surface area contributed by atoms with Crippen LogP contribution in [0, 0.1) is 0 Å². The maximum Gasteiger partial charge on any atom is 0.193 e. The third-order valence-corrected chi connectivity index (χ3v) is 5.63. The van der Waals surface area contributed by atoms with Crippen molar-refractivity contribution in [3.05, 3.63) is 71.2 Å². The number of ketones is 4. The zero-order valence-electron chi connectivity index (χ0n) is 12.2. The molecule has 0 spiro atoms. The standard InChI is InChI=1S/C18H10O4S2/c19-12-4-6-16(21)15(9-12)11-2-1-3-14(8-11)23-24-18-10-13(20)5-7-17(18)22/h1-10H. The lowest BCUT2D eigenvalue weighted by atomic mass is 9.96. The number of hydrogen-bond acceptors (Lipinski definition) is 6. The second kappa shape index (κ2) is 6.98. The van der Waals surface area contributed by atoms with Gasteiger partial charge in [-0.25, -0.2) is 0 Å². The highest BCUT2D eigenvalue weighted by Crippen LogP contribution is 2.39. The minimum atomic E-state index is -0.222. The van der Waals surface area contributed by atoms with E-state index in [0.717, 1.165) is 4.90 Å². The minimum absolute atomic E-state index is 0.204. The largest absolute Gasteiger partial charge is 0.290 e. The topological polar surface area (TPSA) is 68.3 Å². The number of carbonyl (C=O) groups is 4. The molecule has 0 heterocycles. The highest BCUT2D eigenvalue weighted by molar-refractivity contribution is 8.78. The summed E-state index contributed by atoms with van der Waals surface area (Å²) in [7, 11) is 2.50. The van der Waals surface area contributed by atoms with Gasteiger partial charge < -0.3 is 0 Å². The molecule has 0 radical (unpaired) electrons. The minimum Gasteiger partial charge on any atom is -0.290 e. The van der Waals surface area contributed by atoms with Crippen molar-refractivity contribution in [1.29, 1.82) is 0 Å². The van der Waals surface area contributed by atoms with Crippen molar-refractivity contribution >= 4 is 50.3 Å². The zero-order chi connectivity index (χ0) is 17.1. The van der Waals surface area contributed by atoms with Crippen molar-refractivity contribution in [2.75, 3.05) is 0 Å². The molecule has 24 heavy (non-hydrogen) atoms. The summed E-state index contributed by atoms with van der Waals surface area (Å²) < 4.78 is 0. The first-order valence-corrected chi connectivity index (χ1v) is 9.09. The third-order valence-electron chi connectivity index (χ3n) is 3.24. The van der Waals surface area contributed by atoms with Gasteiger partial charge in [0.1, 0.15) is 0 Å². The van der Waals surface area contributed by atoms with Gasteiger partial charge in [0.15, 0.2) is 23.1 Å². The molecule has 0 amide bonds. The van der Waals surface area contributed by atoms with Crippen molar-refractivity contribution in [3.63, 3.8) is 0 Å². The maximum atomic E-state index is 11.9. The van der Waals surface area contributed by atoms with Crippen LogP contribution >= 0.6 is 21.6 Å². The Morgan fingerprint density at radius 3 is 2.21 bits per heavy atom. The Hall–Kier alpha value is -2.44. The summed E-state index contributed by atoms with van der Waals surface area (Å²) in [4.78, 5) is 47.6. The fraction of sp³-hybridized carbons (Fsp3) is 0. The number of rotatable bonds is 4. The molecule has 3 rings (SSSR count). The molecule has 2 aliphatic carbocycles.